The van der Waals surface area contributed by atoms with E-state index in [0.29, 0.717) is 0 Å². The Kier molecular flexibility index (Phi) is 4.44. The molecule has 0 aromatic rings. The summed E-state index contributed by atoms with van der Waals surface area (Å²) in [5, 5.41) is 4.41. The number of rotatable bonds is 2. The lowest BCUT2D eigenvalue weighted by Gasteiger charge is -2.27. The Morgan fingerprint density at radius 1 is 1.27 bits per heavy atom. The number of hydrogen-bond acceptors (Lipinski definition) is 3. The fourth-order valence-corrected chi connectivity index (χ4v) is 2.43. The molecule has 0 amide bonds. The van der Waals surface area contributed by atoms with Crippen LogP contribution in [0.4, 0.5) is 0 Å². The first-order chi connectivity index (χ1) is 7.36. The molecule has 3 nitrogen and oxygen atoms in total. The van der Waals surface area contributed by atoms with Crippen molar-refractivity contribution in [1.82, 2.24) is 10.2 Å². The third kappa shape index (κ3) is 3.45. The summed E-state index contributed by atoms with van der Waals surface area (Å²) in [5.41, 5.74) is 1.45. The minimum atomic E-state index is 0.848. The van der Waals surface area contributed by atoms with Crippen molar-refractivity contribution in [2.45, 2.75) is 12.8 Å². The van der Waals surface area contributed by atoms with Crippen LogP contribution < -0.4 is 5.32 Å². The molecule has 2 rings (SSSR count). The third-order valence-corrected chi connectivity index (χ3v) is 3.44. The molecule has 2 aliphatic heterocycles. The summed E-state index contributed by atoms with van der Waals surface area (Å²) in [5.74, 6) is 0. The molecule has 2 saturated heterocycles. The highest BCUT2D eigenvalue weighted by atomic mass is 35.5. The Morgan fingerprint density at radius 3 is 2.60 bits per heavy atom. The van der Waals surface area contributed by atoms with Gasteiger partial charge >= 0.3 is 0 Å². The average molecular weight is 231 g/mol. The van der Waals surface area contributed by atoms with Crippen molar-refractivity contribution >= 4 is 11.6 Å². The van der Waals surface area contributed by atoms with Crippen LogP contribution in [0.3, 0.4) is 0 Å². The van der Waals surface area contributed by atoms with Crippen molar-refractivity contribution < 1.29 is 4.74 Å². The molecule has 2 fully saturated rings. The zero-order valence-corrected chi connectivity index (χ0v) is 9.85. The van der Waals surface area contributed by atoms with E-state index in [1.165, 1.54) is 5.57 Å². The predicted molar refractivity (Wildman–Crippen MR) is 62.2 cm³/mol. The number of ether oxygens (including phenoxy) is 1. The Hall–Kier alpha value is -0.0900. The molecule has 0 unspecified atom stereocenters. The van der Waals surface area contributed by atoms with Gasteiger partial charge in [-0.2, -0.15) is 0 Å². The van der Waals surface area contributed by atoms with Gasteiger partial charge in [-0.3, -0.25) is 4.90 Å². The first kappa shape index (κ1) is 11.4. The van der Waals surface area contributed by atoms with Crippen molar-refractivity contribution in [1.29, 1.82) is 0 Å². The number of nitrogens with one attached hydrogen (secondary N) is 1. The highest BCUT2D eigenvalue weighted by molar-refractivity contribution is 6.30. The van der Waals surface area contributed by atoms with E-state index < -0.39 is 0 Å². The fourth-order valence-electron chi connectivity index (χ4n) is 2.07. The van der Waals surface area contributed by atoms with Gasteiger partial charge in [0.25, 0.3) is 0 Å². The van der Waals surface area contributed by atoms with Gasteiger partial charge in [0.1, 0.15) is 0 Å². The summed E-state index contributed by atoms with van der Waals surface area (Å²) in [6.45, 7) is 6.80. The molecular formula is C11H19ClN2O. The van der Waals surface area contributed by atoms with Gasteiger partial charge in [0, 0.05) is 24.7 Å². The summed E-state index contributed by atoms with van der Waals surface area (Å²) >= 11 is 6.36. The van der Waals surface area contributed by atoms with E-state index in [0.717, 1.165) is 63.8 Å². The standard InChI is InChI=1S/C11H19ClN2O/c12-11(10-1-3-13-4-2-10)9-14-5-7-15-8-6-14/h13H,1-9H2. The molecular weight excluding hydrogens is 212 g/mol. The van der Waals surface area contributed by atoms with Crippen molar-refractivity contribution in [2.75, 3.05) is 45.9 Å². The first-order valence-corrected chi connectivity index (χ1v) is 6.11. The molecule has 2 aliphatic rings. The maximum absolute atomic E-state index is 6.36. The van der Waals surface area contributed by atoms with Gasteiger partial charge in [-0.15, -0.1) is 0 Å². The molecule has 0 saturated carbocycles. The summed E-state index contributed by atoms with van der Waals surface area (Å²) in [4.78, 5) is 2.38. The largest absolute Gasteiger partial charge is 0.379 e. The summed E-state index contributed by atoms with van der Waals surface area (Å²) in [6, 6.07) is 0. The lowest BCUT2D eigenvalue weighted by molar-refractivity contribution is 0.0428. The molecule has 0 aromatic heterocycles. The van der Waals surface area contributed by atoms with Crippen LogP contribution in [-0.2, 0) is 4.74 Å². The van der Waals surface area contributed by atoms with Gasteiger partial charge < -0.3 is 10.1 Å². The highest BCUT2D eigenvalue weighted by Gasteiger charge is 2.14. The van der Waals surface area contributed by atoms with E-state index in [1.807, 2.05) is 0 Å². The number of hydrogen-bond donors (Lipinski definition) is 1. The quantitative estimate of drug-likeness (QED) is 0.772. The van der Waals surface area contributed by atoms with Gasteiger partial charge in [0.05, 0.1) is 13.2 Å². The zero-order valence-electron chi connectivity index (χ0n) is 9.10. The van der Waals surface area contributed by atoms with Crippen LogP contribution in [0.25, 0.3) is 0 Å². The van der Waals surface area contributed by atoms with E-state index in [2.05, 4.69) is 10.2 Å². The van der Waals surface area contributed by atoms with E-state index in [4.69, 9.17) is 16.3 Å². The molecule has 86 valence electrons. The van der Waals surface area contributed by atoms with Crippen molar-refractivity contribution in [3.8, 4) is 0 Å². The molecule has 15 heavy (non-hydrogen) atoms. The number of nitrogens with zero attached hydrogens (tertiary/aromatic N) is 1. The van der Waals surface area contributed by atoms with Gasteiger partial charge in [-0.05, 0) is 25.9 Å². The summed E-state index contributed by atoms with van der Waals surface area (Å²) in [6.07, 6.45) is 2.23. The second-order valence-corrected chi connectivity index (χ2v) is 4.60. The molecule has 0 radical (unpaired) electrons. The van der Waals surface area contributed by atoms with Crippen LogP contribution in [0.5, 0.6) is 0 Å². The molecule has 0 spiro atoms. The second-order valence-electron chi connectivity index (χ2n) is 4.15. The van der Waals surface area contributed by atoms with Crippen LogP contribution in [0.1, 0.15) is 12.8 Å². The first-order valence-electron chi connectivity index (χ1n) is 5.73. The number of piperidine rings is 1. The van der Waals surface area contributed by atoms with Crippen molar-refractivity contribution in [2.24, 2.45) is 0 Å². The Morgan fingerprint density at radius 2 is 1.93 bits per heavy atom. The molecule has 0 aliphatic carbocycles. The molecule has 0 atom stereocenters. The van der Waals surface area contributed by atoms with E-state index in [-0.39, 0.29) is 0 Å². The monoisotopic (exact) mass is 230 g/mol. The van der Waals surface area contributed by atoms with Crippen LogP contribution in [0.2, 0.25) is 0 Å². The number of halogens is 1. The van der Waals surface area contributed by atoms with E-state index in [1.54, 1.807) is 0 Å². The zero-order chi connectivity index (χ0) is 10.5. The Balaban J connectivity index is 1.85. The minimum Gasteiger partial charge on any atom is -0.379 e. The van der Waals surface area contributed by atoms with Crippen molar-refractivity contribution in [3.63, 3.8) is 0 Å². The van der Waals surface area contributed by atoms with Crippen LogP contribution in [-0.4, -0.2) is 50.8 Å². The number of morpholine rings is 1. The Labute approximate surface area is 96.4 Å². The average Bonchev–Trinajstić information content (AvgIpc) is 2.31. The van der Waals surface area contributed by atoms with Gasteiger partial charge in [-0.25, -0.2) is 0 Å². The summed E-state index contributed by atoms with van der Waals surface area (Å²) < 4.78 is 5.32. The molecule has 0 bridgehead atoms. The topological polar surface area (TPSA) is 24.5 Å². The maximum Gasteiger partial charge on any atom is 0.0594 e. The van der Waals surface area contributed by atoms with E-state index >= 15 is 0 Å². The minimum absolute atomic E-state index is 0.848. The lowest BCUT2D eigenvalue weighted by Crippen LogP contribution is -2.37. The van der Waals surface area contributed by atoms with E-state index in [9.17, 15) is 0 Å². The van der Waals surface area contributed by atoms with Gasteiger partial charge in [0.15, 0.2) is 0 Å². The normalized spacial score (nSPS) is 24.2. The lowest BCUT2D eigenvalue weighted by atomic mass is 10.1. The van der Waals surface area contributed by atoms with Crippen LogP contribution in [0, 0.1) is 0 Å². The smallest absolute Gasteiger partial charge is 0.0594 e. The summed E-state index contributed by atoms with van der Waals surface area (Å²) in [7, 11) is 0. The molecule has 0 aromatic carbocycles. The maximum atomic E-state index is 6.36. The van der Waals surface area contributed by atoms with Crippen molar-refractivity contribution in [3.05, 3.63) is 10.6 Å². The molecule has 4 heteroatoms. The second kappa shape index (κ2) is 5.85. The van der Waals surface area contributed by atoms with Crippen LogP contribution in [0.15, 0.2) is 10.6 Å². The third-order valence-electron chi connectivity index (χ3n) is 3.06. The van der Waals surface area contributed by atoms with Gasteiger partial charge in [-0.1, -0.05) is 17.2 Å². The van der Waals surface area contributed by atoms with Gasteiger partial charge in [0.2, 0.25) is 0 Å². The predicted octanol–water partition coefficient (Wildman–Crippen LogP) is 1.19. The molecule has 2 heterocycles. The Bertz CT molecular complexity index is 229. The molecule has 1 N–H and O–H groups in total. The SMILES string of the molecule is ClC(CN1CCOCC1)=C1CCNCC1. The highest BCUT2D eigenvalue weighted by Crippen LogP contribution is 2.20. The van der Waals surface area contributed by atoms with Crippen LogP contribution >= 0.6 is 11.6 Å². The fraction of sp³-hybridized carbons (Fsp3) is 0.818.